The van der Waals surface area contributed by atoms with Crippen LogP contribution >= 0.6 is 0 Å². The van der Waals surface area contributed by atoms with Crippen molar-refractivity contribution >= 4 is 5.91 Å². The number of rotatable bonds is 4. The molecule has 0 bridgehead atoms. The first-order valence-corrected chi connectivity index (χ1v) is 7.42. The summed E-state index contributed by atoms with van der Waals surface area (Å²) in [5.41, 5.74) is 0.826. The molecule has 5 heteroatoms. The first kappa shape index (κ1) is 15.6. The molecule has 21 heavy (non-hydrogen) atoms. The molecule has 1 aromatic rings. The third-order valence-corrected chi connectivity index (χ3v) is 4.28. The molecule has 1 fully saturated rings. The lowest BCUT2D eigenvalue weighted by Crippen LogP contribution is -2.49. The van der Waals surface area contributed by atoms with Crippen LogP contribution in [0.2, 0.25) is 0 Å². The highest BCUT2D eigenvalue weighted by Gasteiger charge is 2.32. The van der Waals surface area contributed by atoms with Gasteiger partial charge in [0.15, 0.2) is 0 Å². The number of carbonyl (C=O) groups excluding carboxylic acids is 1. The smallest absolute Gasteiger partial charge is 0.237 e. The molecule has 1 aliphatic rings. The average molecular weight is 292 g/mol. The van der Waals surface area contributed by atoms with Crippen LogP contribution in [0.15, 0.2) is 18.2 Å². The Morgan fingerprint density at radius 1 is 1.48 bits per heavy atom. The van der Waals surface area contributed by atoms with Crippen molar-refractivity contribution in [2.45, 2.75) is 38.3 Å². The first-order chi connectivity index (χ1) is 10.1. The molecule has 1 heterocycles. The van der Waals surface area contributed by atoms with Crippen molar-refractivity contribution in [1.29, 1.82) is 0 Å². The highest BCUT2D eigenvalue weighted by Crippen LogP contribution is 2.34. The van der Waals surface area contributed by atoms with Gasteiger partial charge in [-0.1, -0.05) is 12.5 Å². The first-order valence-electron chi connectivity index (χ1n) is 7.42. The number of hydrogen-bond donors (Lipinski definition) is 2. The number of nitrogens with one attached hydrogen (secondary N) is 1. The maximum absolute atomic E-state index is 12.1. The third kappa shape index (κ3) is 3.29. The third-order valence-electron chi connectivity index (χ3n) is 4.28. The zero-order valence-corrected chi connectivity index (χ0v) is 12.9. The fourth-order valence-electron chi connectivity index (χ4n) is 3.05. The molecule has 2 unspecified atom stereocenters. The van der Waals surface area contributed by atoms with E-state index < -0.39 is 0 Å². The Kier molecular flexibility index (Phi) is 5.07. The van der Waals surface area contributed by atoms with Gasteiger partial charge in [-0.3, -0.25) is 9.69 Å². The number of methoxy groups -OCH3 is 1. The Bertz CT molecular complexity index is 504. The second kappa shape index (κ2) is 6.80. The monoisotopic (exact) mass is 292 g/mol. The summed E-state index contributed by atoms with van der Waals surface area (Å²) in [7, 11) is 3.24. The zero-order chi connectivity index (χ0) is 15.4. The average Bonchev–Trinajstić information content (AvgIpc) is 2.53. The highest BCUT2D eigenvalue weighted by atomic mass is 16.5. The number of ether oxygens (including phenoxy) is 1. The molecule has 0 spiro atoms. The van der Waals surface area contributed by atoms with Gasteiger partial charge in [0.1, 0.15) is 11.5 Å². The van der Waals surface area contributed by atoms with Crippen LogP contribution in [-0.4, -0.2) is 42.7 Å². The fourth-order valence-corrected chi connectivity index (χ4v) is 3.05. The van der Waals surface area contributed by atoms with Gasteiger partial charge in [0.25, 0.3) is 0 Å². The van der Waals surface area contributed by atoms with Crippen molar-refractivity contribution in [2.24, 2.45) is 0 Å². The zero-order valence-electron chi connectivity index (χ0n) is 12.9. The van der Waals surface area contributed by atoms with Gasteiger partial charge in [-0.15, -0.1) is 0 Å². The van der Waals surface area contributed by atoms with E-state index >= 15 is 0 Å². The molecule has 0 saturated carbocycles. The molecule has 0 aromatic heterocycles. The van der Waals surface area contributed by atoms with E-state index in [-0.39, 0.29) is 23.7 Å². The summed E-state index contributed by atoms with van der Waals surface area (Å²) in [6.07, 6.45) is 3.01. The number of carbonyl (C=O) groups is 1. The summed E-state index contributed by atoms with van der Waals surface area (Å²) in [6, 6.07) is 5.18. The molecule has 2 atom stereocenters. The number of aromatic hydroxyl groups is 1. The van der Waals surface area contributed by atoms with Gasteiger partial charge in [-0.05, 0) is 32.4 Å². The van der Waals surface area contributed by atoms with Crippen LogP contribution in [0.3, 0.4) is 0 Å². The second-order valence-electron chi connectivity index (χ2n) is 5.46. The minimum Gasteiger partial charge on any atom is -0.507 e. The summed E-state index contributed by atoms with van der Waals surface area (Å²) in [4.78, 5) is 14.2. The quantitative estimate of drug-likeness (QED) is 0.892. The topological polar surface area (TPSA) is 61.8 Å². The fraction of sp³-hybridized carbons (Fsp3) is 0.562. The molecule has 116 valence electrons. The van der Waals surface area contributed by atoms with E-state index in [9.17, 15) is 9.90 Å². The van der Waals surface area contributed by atoms with Gasteiger partial charge in [0.05, 0.1) is 13.2 Å². The Hall–Kier alpha value is -1.75. The number of hydrogen-bond acceptors (Lipinski definition) is 4. The highest BCUT2D eigenvalue weighted by molar-refractivity contribution is 5.81. The van der Waals surface area contributed by atoms with Gasteiger partial charge in [0.2, 0.25) is 5.91 Å². The maximum atomic E-state index is 12.1. The number of likely N-dealkylation sites (N-methyl/N-ethyl adjacent to an activating group) is 1. The van der Waals surface area contributed by atoms with Crippen molar-refractivity contribution in [2.75, 3.05) is 20.7 Å². The van der Waals surface area contributed by atoms with Crippen molar-refractivity contribution in [3.05, 3.63) is 23.8 Å². The number of phenols is 1. The van der Waals surface area contributed by atoms with E-state index in [0.717, 1.165) is 31.4 Å². The van der Waals surface area contributed by atoms with Crippen molar-refractivity contribution in [3.8, 4) is 11.5 Å². The van der Waals surface area contributed by atoms with E-state index in [0.29, 0.717) is 5.75 Å². The molecule has 0 aliphatic carbocycles. The molecule has 1 aromatic carbocycles. The van der Waals surface area contributed by atoms with Crippen molar-refractivity contribution < 1.29 is 14.6 Å². The van der Waals surface area contributed by atoms with E-state index in [1.165, 1.54) is 0 Å². The number of nitrogens with zero attached hydrogens (tertiary/aromatic N) is 1. The van der Waals surface area contributed by atoms with E-state index in [2.05, 4.69) is 10.2 Å². The van der Waals surface area contributed by atoms with E-state index in [1.807, 2.05) is 19.1 Å². The molecular formula is C16H24N2O3. The number of likely N-dealkylation sites (tertiary alicyclic amines) is 1. The molecule has 0 radical (unpaired) electrons. The Morgan fingerprint density at radius 2 is 2.24 bits per heavy atom. The van der Waals surface area contributed by atoms with Gasteiger partial charge >= 0.3 is 0 Å². The minimum absolute atomic E-state index is 0.0153. The van der Waals surface area contributed by atoms with Crippen LogP contribution in [0, 0.1) is 0 Å². The minimum atomic E-state index is -0.125. The molecule has 1 aliphatic heterocycles. The predicted molar refractivity (Wildman–Crippen MR) is 81.5 cm³/mol. The lowest BCUT2D eigenvalue weighted by Gasteiger charge is -2.39. The summed E-state index contributed by atoms with van der Waals surface area (Å²) >= 11 is 0. The van der Waals surface area contributed by atoms with Crippen LogP contribution in [0.25, 0.3) is 0 Å². The van der Waals surface area contributed by atoms with Gasteiger partial charge in [-0.2, -0.15) is 0 Å². The molecule has 2 rings (SSSR count). The van der Waals surface area contributed by atoms with Crippen molar-refractivity contribution in [1.82, 2.24) is 10.2 Å². The van der Waals surface area contributed by atoms with Gasteiger partial charge < -0.3 is 15.2 Å². The van der Waals surface area contributed by atoms with Crippen LogP contribution < -0.4 is 10.1 Å². The van der Waals surface area contributed by atoms with Crippen LogP contribution in [0.5, 0.6) is 11.5 Å². The van der Waals surface area contributed by atoms with E-state index in [4.69, 9.17) is 4.74 Å². The second-order valence-corrected chi connectivity index (χ2v) is 5.46. The lowest BCUT2D eigenvalue weighted by molar-refractivity contribution is -0.128. The molecule has 1 amide bonds. The predicted octanol–water partition coefficient (Wildman–Crippen LogP) is 2.06. The molecule has 2 N–H and O–H groups in total. The summed E-state index contributed by atoms with van der Waals surface area (Å²) in [6.45, 7) is 2.90. The summed E-state index contributed by atoms with van der Waals surface area (Å²) < 4.78 is 5.11. The van der Waals surface area contributed by atoms with Crippen LogP contribution in [-0.2, 0) is 4.79 Å². The summed E-state index contributed by atoms with van der Waals surface area (Å²) in [5.74, 6) is 0.891. The number of phenolic OH excluding ortho intramolecular Hbond substituents is 1. The van der Waals surface area contributed by atoms with Gasteiger partial charge in [-0.25, -0.2) is 0 Å². The Morgan fingerprint density at radius 3 is 2.86 bits per heavy atom. The van der Waals surface area contributed by atoms with Crippen LogP contribution in [0.4, 0.5) is 0 Å². The SMILES string of the molecule is CNC(=O)C1CCCCN1C(C)c1ccc(OC)cc1O. The molecule has 5 nitrogen and oxygen atoms in total. The van der Waals surface area contributed by atoms with Crippen LogP contribution in [0.1, 0.15) is 37.8 Å². The van der Waals surface area contributed by atoms with Crippen molar-refractivity contribution in [3.63, 3.8) is 0 Å². The van der Waals surface area contributed by atoms with Gasteiger partial charge in [0, 0.05) is 24.7 Å². The standard InChI is InChI=1S/C16H24N2O3/c1-11(13-8-7-12(21-3)10-15(13)19)18-9-5-4-6-14(18)16(20)17-2/h7-8,10-11,14,19H,4-6,9H2,1-3H3,(H,17,20). The largest absolute Gasteiger partial charge is 0.507 e. The van der Waals surface area contributed by atoms with E-state index in [1.54, 1.807) is 20.2 Å². The number of piperidine rings is 1. The number of benzene rings is 1. The Balaban J connectivity index is 2.24. The molecule has 1 saturated heterocycles. The Labute approximate surface area is 125 Å². The normalized spacial score (nSPS) is 20.8. The number of amides is 1. The molecular weight excluding hydrogens is 268 g/mol. The lowest BCUT2D eigenvalue weighted by atomic mass is 9.96. The summed E-state index contributed by atoms with van der Waals surface area (Å²) in [5, 5.41) is 12.9. The maximum Gasteiger partial charge on any atom is 0.237 e.